The molecule has 31 heavy (non-hydrogen) atoms. The van der Waals surface area contributed by atoms with Gasteiger partial charge < -0.3 is 9.88 Å². The number of aromatic nitrogens is 4. The Balaban J connectivity index is 1.63. The second-order valence-corrected chi connectivity index (χ2v) is 8.76. The highest BCUT2D eigenvalue weighted by Crippen LogP contribution is 2.38. The molecule has 0 radical (unpaired) electrons. The molecule has 2 atom stereocenters. The van der Waals surface area contributed by atoms with Gasteiger partial charge in [0.25, 0.3) is 0 Å². The van der Waals surface area contributed by atoms with Crippen LogP contribution in [0.4, 0.5) is 4.39 Å². The lowest BCUT2D eigenvalue weighted by molar-refractivity contribution is 0.295. The zero-order valence-electron chi connectivity index (χ0n) is 18.7. The quantitative estimate of drug-likeness (QED) is 0.670. The van der Waals surface area contributed by atoms with Crippen molar-refractivity contribution >= 4 is 22.4 Å². The number of H-pyrrole nitrogens is 1. The van der Waals surface area contributed by atoms with Crippen molar-refractivity contribution in [3.8, 4) is 11.1 Å². The Bertz CT molecular complexity index is 1290. The average molecular weight is 419 g/mol. The maximum Gasteiger partial charge on any atom is 0.137 e. The van der Waals surface area contributed by atoms with E-state index in [0.29, 0.717) is 0 Å². The summed E-state index contributed by atoms with van der Waals surface area (Å²) in [6.07, 6.45) is 7.56. The maximum absolute atomic E-state index is 15.1. The molecule has 4 heterocycles. The largest absolute Gasteiger partial charge is 0.349 e. The van der Waals surface area contributed by atoms with Crippen molar-refractivity contribution in [2.45, 2.75) is 52.7 Å². The minimum absolute atomic E-state index is 0.107. The van der Waals surface area contributed by atoms with Gasteiger partial charge in [0.05, 0.1) is 17.6 Å². The van der Waals surface area contributed by atoms with Gasteiger partial charge in [-0.05, 0) is 52.3 Å². The zero-order valence-corrected chi connectivity index (χ0v) is 18.7. The van der Waals surface area contributed by atoms with Crippen LogP contribution in [0.3, 0.4) is 0 Å². The van der Waals surface area contributed by atoms with Crippen LogP contribution in [-0.4, -0.2) is 48.6 Å². The Hall–Kier alpha value is -3.22. The van der Waals surface area contributed by atoms with Crippen LogP contribution in [0.2, 0.25) is 0 Å². The number of amidine groups is 1. The molecule has 1 aliphatic carbocycles. The standard InChI is InChI=1S/C24H27FN6/c1-12(2)31-15(5)28-23-20(25)8-16(9-21(23)31)19-11-27-24-18(19)7-17(10-26-24)22-13(3)29-30(6)14(22)4/h7-12,21,23H,1-6H3,(H,26,27). The first-order chi connectivity index (χ1) is 14.8. The van der Waals surface area contributed by atoms with Gasteiger partial charge in [0.2, 0.25) is 0 Å². The van der Waals surface area contributed by atoms with Crippen molar-refractivity contribution in [3.63, 3.8) is 0 Å². The van der Waals surface area contributed by atoms with E-state index in [1.165, 1.54) is 0 Å². The number of nitrogens with zero attached hydrogens (tertiary/aromatic N) is 5. The minimum atomic E-state index is -0.453. The molecule has 0 saturated carbocycles. The summed E-state index contributed by atoms with van der Waals surface area (Å²) in [6.45, 7) is 10.3. The number of rotatable bonds is 3. The third-order valence-electron chi connectivity index (χ3n) is 6.47. The molecular formula is C24H27FN6. The van der Waals surface area contributed by atoms with Crippen LogP contribution < -0.4 is 0 Å². The lowest BCUT2D eigenvalue weighted by atomic mass is 9.92. The molecule has 0 bridgehead atoms. The molecule has 2 aliphatic rings. The summed E-state index contributed by atoms with van der Waals surface area (Å²) < 4.78 is 17.0. The number of aliphatic imine (C=N–C) groups is 1. The van der Waals surface area contributed by atoms with Gasteiger partial charge in [-0.1, -0.05) is 6.08 Å². The molecule has 1 N–H and O–H groups in total. The Morgan fingerprint density at radius 1 is 1.19 bits per heavy atom. The van der Waals surface area contributed by atoms with Gasteiger partial charge in [0.15, 0.2) is 0 Å². The van der Waals surface area contributed by atoms with Crippen LogP contribution in [0.1, 0.15) is 37.7 Å². The van der Waals surface area contributed by atoms with E-state index in [9.17, 15) is 0 Å². The van der Waals surface area contributed by atoms with Crippen LogP contribution in [0, 0.1) is 13.8 Å². The summed E-state index contributed by atoms with van der Waals surface area (Å²) in [5.74, 6) is 0.693. The predicted octanol–water partition coefficient (Wildman–Crippen LogP) is 4.71. The molecule has 0 aromatic carbocycles. The Morgan fingerprint density at radius 2 is 1.97 bits per heavy atom. The molecule has 5 rings (SSSR count). The fourth-order valence-corrected chi connectivity index (χ4v) is 5.03. The van der Waals surface area contributed by atoms with Crippen LogP contribution in [0.25, 0.3) is 27.7 Å². The highest BCUT2D eigenvalue weighted by atomic mass is 19.1. The Morgan fingerprint density at radius 3 is 2.65 bits per heavy atom. The van der Waals surface area contributed by atoms with E-state index in [1.807, 2.05) is 38.0 Å². The molecule has 160 valence electrons. The van der Waals surface area contributed by atoms with Gasteiger partial charge in [-0.3, -0.25) is 9.67 Å². The topological polar surface area (TPSA) is 62.1 Å². The Labute approximate surface area is 181 Å². The number of pyridine rings is 1. The normalized spacial score (nSPS) is 20.9. The highest BCUT2D eigenvalue weighted by Gasteiger charge is 2.39. The third kappa shape index (κ3) is 2.94. The van der Waals surface area contributed by atoms with Gasteiger partial charge in [0, 0.05) is 53.3 Å². The molecule has 1 aliphatic heterocycles. The molecule has 2 unspecified atom stereocenters. The predicted molar refractivity (Wildman–Crippen MR) is 123 cm³/mol. The van der Waals surface area contributed by atoms with Crippen molar-refractivity contribution in [2.24, 2.45) is 12.0 Å². The fourth-order valence-electron chi connectivity index (χ4n) is 5.03. The first-order valence-corrected chi connectivity index (χ1v) is 10.7. The average Bonchev–Trinajstić information content (AvgIpc) is 3.35. The van der Waals surface area contributed by atoms with Gasteiger partial charge in [-0.15, -0.1) is 0 Å². The molecule has 0 fully saturated rings. The molecule has 6 nitrogen and oxygen atoms in total. The summed E-state index contributed by atoms with van der Waals surface area (Å²) in [4.78, 5) is 14.7. The molecule has 0 spiro atoms. The van der Waals surface area contributed by atoms with E-state index in [0.717, 1.165) is 50.5 Å². The molecule has 0 saturated heterocycles. The highest BCUT2D eigenvalue weighted by molar-refractivity contribution is 5.97. The van der Waals surface area contributed by atoms with Crippen LogP contribution in [0.5, 0.6) is 0 Å². The number of nitrogens with one attached hydrogen (secondary N) is 1. The van der Waals surface area contributed by atoms with Crippen molar-refractivity contribution in [2.75, 3.05) is 0 Å². The van der Waals surface area contributed by atoms with Gasteiger partial charge in [-0.25, -0.2) is 9.37 Å². The molecular weight excluding hydrogens is 391 g/mol. The summed E-state index contributed by atoms with van der Waals surface area (Å²) in [6, 6.07) is 1.81. The van der Waals surface area contributed by atoms with E-state index in [4.69, 9.17) is 0 Å². The second kappa shape index (κ2) is 6.90. The zero-order chi connectivity index (χ0) is 22.0. The van der Waals surface area contributed by atoms with E-state index in [-0.39, 0.29) is 17.9 Å². The molecule has 7 heteroatoms. The number of allylic oxidation sites excluding steroid dienone is 2. The number of halogens is 1. The molecule has 3 aromatic rings. The van der Waals surface area contributed by atoms with Crippen molar-refractivity contribution < 1.29 is 4.39 Å². The van der Waals surface area contributed by atoms with E-state index in [2.05, 4.69) is 57.9 Å². The van der Waals surface area contributed by atoms with Gasteiger partial charge in [-0.2, -0.15) is 5.10 Å². The van der Waals surface area contributed by atoms with E-state index in [1.54, 1.807) is 6.08 Å². The molecule has 3 aromatic heterocycles. The number of hydrogen-bond acceptors (Lipinski definition) is 4. The van der Waals surface area contributed by atoms with Gasteiger partial charge in [0.1, 0.15) is 17.5 Å². The van der Waals surface area contributed by atoms with Crippen LogP contribution in [0.15, 0.2) is 41.4 Å². The van der Waals surface area contributed by atoms with Crippen LogP contribution in [-0.2, 0) is 7.05 Å². The smallest absolute Gasteiger partial charge is 0.137 e. The van der Waals surface area contributed by atoms with Crippen molar-refractivity contribution in [1.29, 1.82) is 0 Å². The fraction of sp³-hybridized carbons (Fsp3) is 0.375. The molecule has 0 amide bonds. The summed E-state index contributed by atoms with van der Waals surface area (Å²) in [5, 5.41) is 5.51. The minimum Gasteiger partial charge on any atom is -0.349 e. The first kappa shape index (κ1) is 19.7. The van der Waals surface area contributed by atoms with Crippen LogP contribution >= 0.6 is 0 Å². The third-order valence-corrected chi connectivity index (χ3v) is 6.47. The summed E-state index contributed by atoms with van der Waals surface area (Å²) in [5.41, 5.74) is 6.76. The second-order valence-electron chi connectivity index (χ2n) is 8.76. The van der Waals surface area contributed by atoms with Crippen molar-refractivity contribution in [1.82, 2.24) is 24.6 Å². The Kier molecular flexibility index (Phi) is 4.39. The lowest BCUT2D eigenvalue weighted by Crippen LogP contribution is -2.43. The van der Waals surface area contributed by atoms with Gasteiger partial charge >= 0.3 is 0 Å². The number of aryl methyl sites for hydroxylation is 2. The summed E-state index contributed by atoms with van der Waals surface area (Å²) >= 11 is 0. The van der Waals surface area contributed by atoms with E-state index >= 15 is 4.39 Å². The van der Waals surface area contributed by atoms with E-state index < -0.39 is 6.04 Å². The monoisotopic (exact) mass is 418 g/mol. The number of hydrogen-bond donors (Lipinski definition) is 1. The lowest BCUT2D eigenvalue weighted by Gasteiger charge is -2.32. The first-order valence-electron chi connectivity index (χ1n) is 10.7. The number of aromatic amines is 1. The maximum atomic E-state index is 15.1. The number of fused-ring (bicyclic) bond motifs is 2. The SMILES string of the molecule is CC1=NC2C(F)=CC(c3c[nH]c4ncc(-c5c(C)nn(C)c5C)cc34)=CC2N1C(C)C. The summed E-state index contributed by atoms with van der Waals surface area (Å²) in [7, 11) is 1.95. The van der Waals surface area contributed by atoms with Crippen molar-refractivity contribution in [3.05, 3.63) is 53.4 Å².